The molecule has 3 fully saturated rings. The standard InChI is InChI=1S/C22H37N3O3/c1-5-18-8-6-7-11-24(18)21(28)16-9-12-23(13-10-16)20(27)17-14-19(26)25(15-17)22(2,3)4/h16-18H,5-15H2,1-4H3. The molecule has 0 spiro atoms. The predicted molar refractivity (Wildman–Crippen MR) is 109 cm³/mol. The minimum atomic E-state index is -0.240. The van der Waals surface area contributed by atoms with Crippen molar-refractivity contribution in [2.45, 2.75) is 84.2 Å². The number of nitrogens with zero attached hydrogens (tertiary/aromatic N) is 3. The van der Waals surface area contributed by atoms with Crippen molar-refractivity contribution in [3.63, 3.8) is 0 Å². The minimum absolute atomic E-state index is 0.0486. The highest BCUT2D eigenvalue weighted by atomic mass is 16.2. The lowest BCUT2D eigenvalue weighted by molar-refractivity contribution is -0.144. The van der Waals surface area contributed by atoms with E-state index in [9.17, 15) is 14.4 Å². The zero-order chi connectivity index (χ0) is 20.5. The van der Waals surface area contributed by atoms with Crippen LogP contribution in [0.3, 0.4) is 0 Å². The van der Waals surface area contributed by atoms with Gasteiger partial charge in [-0.05, 0) is 59.3 Å². The molecule has 0 saturated carbocycles. The molecule has 158 valence electrons. The van der Waals surface area contributed by atoms with Crippen LogP contribution in [0.4, 0.5) is 0 Å². The highest BCUT2D eigenvalue weighted by Gasteiger charge is 2.42. The molecule has 3 aliphatic rings. The van der Waals surface area contributed by atoms with E-state index in [0.29, 0.717) is 38.0 Å². The number of likely N-dealkylation sites (tertiary alicyclic amines) is 3. The van der Waals surface area contributed by atoms with E-state index in [1.165, 1.54) is 6.42 Å². The molecular weight excluding hydrogens is 354 g/mol. The second kappa shape index (κ2) is 8.42. The lowest BCUT2D eigenvalue weighted by Gasteiger charge is -2.40. The molecule has 3 saturated heterocycles. The van der Waals surface area contributed by atoms with Gasteiger partial charge >= 0.3 is 0 Å². The Morgan fingerprint density at radius 1 is 0.964 bits per heavy atom. The molecule has 0 radical (unpaired) electrons. The molecule has 3 heterocycles. The average molecular weight is 392 g/mol. The summed E-state index contributed by atoms with van der Waals surface area (Å²) in [6.45, 7) is 10.9. The molecule has 3 rings (SSSR count). The van der Waals surface area contributed by atoms with E-state index in [4.69, 9.17) is 0 Å². The summed E-state index contributed by atoms with van der Waals surface area (Å²) in [6.07, 6.45) is 6.31. The Kier molecular flexibility index (Phi) is 6.35. The maximum Gasteiger partial charge on any atom is 0.227 e. The van der Waals surface area contributed by atoms with Gasteiger partial charge < -0.3 is 14.7 Å². The summed E-state index contributed by atoms with van der Waals surface area (Å²) < 4.78 is 0. The SMILES string of the molecule is CCC1CCCCN1C(=O)C1CCN(C(=O)C2CC(=O)N(C(C)(C)C)C2)CC1. The maximum atomic E-state index is 13.0. The number of hydrogen-bond acceptors (Lipinski definition) is 3. The first-order valence-electron chi connectivity index (χ1n) is 11.1. The van der Waals surface area contributed by atoms with Gasteiger partial charge in [0.1, 0.15) is 0 Å². The molecule has 0 aromatic carbocycles. The molecule has 0 bridgehead atoms. The molecule has 3 aliphatic heterocycles. The van der Waals surface area contributed by atoms with Gasteiger partial charge in [0.2, 0.25) is 17.7 Å². The molecule has 2 unspecified atom stereocenters. The highest BCUT2D eigenvalue weighted by molar-refractivity contribution is 5.90. The Bertz CT molecular complexity index is 605. The van der Waals surface area contributed by atoms with Crippen LogP contribution in [0.5, 0.6) is 0 Å². The van der Waals surface area contributed by atoms with Gasteiger partial charge in [-0.15, -0.1) is 0 Å². The van der Waals surface area contributed by atoms with Crippen LogP contribution in [0.15, 0.2) is 0 Å². The third-order valence-corrected chi connectivity index (χ3v) is 6.82. The fourth-order valence-corrected chi connectivity index (χ4v) is 5.08. The van der Waals surface area contributed by atoms with Crippen LogP contribution in [-0.2, 0) is 14.4 Å². The lowest BCUT2D eigenvalue weighted by atomic mass is 9.91. The molecule has 6 heteroatoms. The van der Waals surface area contributed by atoms with Crippen molar-refractivity contribution >= 4 is 17.7 Å². The largest absolute Gasteiger partial charge is 0.342 e. The van der Waals surface area contributed by atoms with Gasteiger partial charge in [-0.2, -0.15) is 0 Å². The summed E-state index contributed by atoms with van der Waals surface area (Å²) >= 11 is 0. The third kappa shape index (κ3) is 4.36. The first kappa shape index (κ1) is 21.1. The molecule has 0 aliphatic carbocycles. The predicted octanol–water partition coefficient (Wildman–Crippen LogP) is 2.66. The topological polar surface area (TPSA) is 60.9 Å². The van der Waals surface area contributed by atoms with E-state index >= 15 is 0 Å². The Morgan fingerprint density at radius 2 is 1.64 bits per heavy atom. The van der Waals surface area contributed by atoms with Crippen LogP contribution in [0, 0.1) is 11.8 Å². The van der Waals surface area contributed by atoms with Crippen LogP contribution in [0.25, 0.3) is 0 Å². The van der Waals surface area contributed by atoms with E-state index in [2.05, 4.69) is 11.8 Å². The fraction of sp³-hybridized carbons (Fsp3) is 0.864. The summed E-state index contributed by atoms with van der Waals surface area (Å²) in [7, 11) is 0. The normalized spacial score (nSPS) is 27.4. The molecule has 28 heavy (non-hydrogen) atoms. The smallest absolute Gasteiger partial charge is 0.227 e. The van der Waals surface area contributed by atoms with Gasteiger partial charge in [-0.1, -0.05) is 6.92 Å². The average Bonchev–Trinajstić information content (AvgIpc) is 3.09. The molecule has 2 atom stereocenters. The van der Waals surface area contributed by atoms with Gasteiger partial charge in [0.05, 0.1) is 5.92 Å². The van der Waals surface area contributed by atoms with Crippen LogP contribution in [0.2, 0.25) is 0 Å². The van der Waals surface area contributed by atoms with Crippen molar-refractivity contribution in [1.29, 1.82) is 0 Å². The van der Waals surface area contributed by atoms with Gasteiger partial charge in [-0.3, -0.25) is 14.4 Å². The molecular formula is C22H37N3O3. The van der Waals surface area contributed by atoms with Gasteiger partial charge in [0.15, 0.2) is 0 Å². The fourth-order valence-electron chi connectivity index (χ4n) is 5.08. The number of carbonyl (C=O) groups excluding carboxylic acids is 3. The van der Waals surface area contributed by atoms with Crippen LogP contribution >= 0.6 is 0 Å². The molecule has 0 aromatic rings. The van der Waals surface area contributed by atoms with Gasteiger partial charge in [0.25, 0.3) is 0 Å². The Balaban J connectivity index is 1.53. The Hall–Kier alpha value is -1.59. The lowest BCUT2D eigenvalue weighted by Crippen LogP contribution is -2.50. The zero-order valence-corrected chi connectivity index (χ0v) is 18.1. The number of carbonyl (C=O) groups is 3. The summed E-state index contributed by atoms with van der Waals surface area (Å²) in [5.74, 6) is 0.286. The van der Waals surface area contributed by atoms with Crippen molar-refractivity contribution in [1.82, 2.24) is 14.7 Å². The van der Waals surface area contributed by atoms with Crippen molar-refractivity contribution < 1.29 is 14.4 Å². The number of piperidine rings is 2. The summed E-state index contributed by atoms with van der Waals surface area (Å²) in [6, 6.07) is 0.397. The monoisotopic (exact) mass is 391 g/mol. The Labute approximate surface area is 169 Å². The van der Waals surface area contributed by atoms with E-state index in [0.717, 1.165) is 38.6 Å². The summed E-state index contributed by atoms with van der Waals surface area (Å²) in [5, 5.41) is 0. The maximum absolute atomic E-state index is 13.0. The van der Waals surface area contributed by atoms with Crippen molar-refractivity contribution in [2.75, 3.05) is 26.2 Å². The molecule has 0 aromatic heterocycles. The van der Waals surface area contributed by atoms with Gasteiger partial charge in [-0.25, -0.2) is 0 Å². The van der Waals surface area contributed by atoms with E-state index in [-0.39, 0.29) is 29.2 Å². The van der Waals surface area contributed by atoms with Crippen LogP contribution in [-0.4, -0.2) is 70.2 Å². The van der Waals surface area contributed by atoms with Crippen molar-refractivity contribution in [3.05, 3.63) is 0 Å². The van der Waals surface area contributed by atoms with E-state index < -0.39 is 0 Å². The summed E-state index contributed by atoms with van der Waals surface area (Å²) in [4.78, 5) is 44.1. The highest BCUT2D eigenvalue weighted by Crippen LogP contribution is 2.30. The van der Waals surface area contributed by atoms with Crippen molar-refractivity contribution in [3.8, 4) is 0 Å². The zero-order valence-electron chi connectivity index (χ0n) is 18.1. The second-order valence-electron chi connectivity index (χ2n) is 9.77. The summed E-state index contributed by atoms with van der Waals surface area (Å²) in [5.41, 5.74) is -0.240. The number of rotatable bonds is 3. The number of amides is 3. The van der Waals surface area contributed by atoms with Crippen LogP contribution < -0.4 is 0 Å². The first-order chi connectivity index (χ1) is 13.2. The third-order valence-electron chi connectivity index (χ3n) is 6.82. The van der Waals surface area contributed by atoms with Crippen molar-refractivity contribution in [2.24, 2.45) is 11.8 Å². The Morgan fingerprint density at radius 3 is 2.21 bits per heavy atom. The van der Waals surface area contributed by atoms with E-state index in [1.54, 1.807) is 0 Å². The minimum Gasteiger partial charge on any atom is -0.342 e. The van der Waals surface area contributed by atoms with Crippen LogP contribution in [0.1, 0.15) is 72.6 Å². The molecule has 3 amide bonds. The number of hydrogen-bond donors (Lipinski definition) is 0. The first-order valence-corrected chi connectivity index (χ1v) is 11.1. The second-order valence-corrected chi connectivity index (χ2v) is 9.77. The van der Waals surface area contributed by atoms with E-state index in [1.807, 2.05) is 30.6 Å². The molecule has 0 N–H and O–H groups in total. The van der Waals surface area contributed by atoms with Gasteiger partial charge in [0, 0.05) is 50.1 Å². The quantitative estimate of drug-likeness (QED) is 0.743. The molecule has 6 nitrogen and oxygen atoms in total.